The molecule has 0 aromatic rings. The fourth-order valence-corrected chi connectivity index (χ4v) is 5.85. The molecule has 0 aromatic carbocycles. The Morgan fingerprint density at radius 1 is 0.548 bits per heavy atom. The highest BCUT2D eigenvalue weighted by Crippen LogP contribution is 2.27. The van der Waals surface area contributed by atoms with Crippen LogP contribution in [-0.4, -0.2) is 49.3 Å². The molecule has 4 nitrogen and oxygen atoms in total. The van der Waals surface area contributed by atoms with E-state index in [4.69, 9.17) is 4.52 Å². The summed E-state index contributed by atoms with van der Waals surface area (Å²) in [5, 5.41) is 0. The topological polar surface area (TPSA) is 43.4 Å². The van der Waals surface area contributed by atoms with Gasteiger partial charge in [-0.05, 0) is 64.2 Å². The number of unbranched alkanes of at least 4 members (excludes halogenated alkanes) is 18. The third kappa shape index (κ3) is 22.7. The molecule has 0 saturated heterocycles. The first kappa shape index (κ1) is 41.2. The van der Waals surface area contributed by atoms with Gasteiger partial charge in [0, 0.05) is 12.8 Å². The van der Waals surface area contributed by atoms with Crippen molar-refractivity contribution >= 4 is 21.0 Å². The zero-order chi connectivity index (χ0) is 31.4. The first-order valence-electron chi connectivity index (χ1n) is 17.7. The second-order valence-corrected chi connectivity index (χ2v) is 13.7. The van der Waals surface area contributed by atoms with Crippen LogP contribution in [0.4, 0.5) is 0 Å². The maximum Gasteiger partial charge on any atom is 0.204 e. The fraction of sp³-hybridized carbons (Fsp3) is 0.838. The molecule has 0 fully saturated rings. The van der Waals surface area contributed by atoms with Crippen LogP contribution < -0.4 is 0 Å². The molecule has 5 heteroatoms. The zero-order valence-electron chi connectivity index (χ0n) is 28.7. The van der Waals surface area contributed by atoms with Crippen molar-refractivity contribution in [2.24, 2.45) is 0 Å². The van der Waals surface area contributed by atoms with E-state index in [0.29, 0.717) is 23.9 Å². The summed E-state index contributed by atoms with van der Waals surface area (Å²) in [6, 6.07) is 0. The number of hydrogen-bond donors (Lipinski definition) is 0. The van der Waals surface area contributed by atoms with Gasteiger partial charge in [-0.1, -0.05) is 115 Å². The van der Waals surface area contributed by atoms with Gasteiger partial charge in [-0.15, -0.1) is 0 Å². The Morgan fingerprint density at radius 2 is 0.857 bits per heavy atom. The summed E-state index contributed by atoms with van der Waals surface area (Å²) in [4.78, 5) is 26.9. The predicted octanol–water partition coefficient (Wildman–Crippen LogP) is 11.2. The molecule has 0 bridgehead atoms. The van der Waals surface area contributed by atoms with E-state index in [2.05, 4.69) is 47.6 Å². The number of Topliss-reactive ketones (excluding diaryl/α,β-unsaturated/α-hetero) is 2. The number of quaternary nitrogens is 1. The summed E-state index contributed by atoms with van der Waals surface area (Å²) < 4.78 is 6.14. The molecule has 0 aliphatic heterocycles. The van der Waals surface area contributed by atoms with E-state index >= 15 is 0 Å². The van der Waals surface area contributed by atoms with Crippen molar-refractivity contribution in [2.45, 2.75) is 174 Å². The van der Waals surface area contributed by atoms with Crippen molar-refractivity contribution in [1.29, 1.82) is 0 Å². The maximum absolute atomic E-state index is 13.4. The molecule has 0 aliphatic carbocycles. The number of hydrogen-bond acceptors (Lipinski definition) is 3. The number of likely N-dealkylation sites (N-methyl/N-ethyl adjacent to an activating group) is 1. The molecule has 0 amide bonds. The lowest BCUT2D eigenvalue weighted by molar-refractivity contribution is -0.873. The number of allylic oxidation sites excluding steroid dienone is 4. The van der Waals surface area contributed by atoms with Gasteiger partial charge in [-0.2, -0.15) is 0 Å². The molecule has 0 radical (unpaired) electrons. The predicted molar refractivity (Wildman–Crippen MR) is 185 cm³/mol. The van der Waals surface area contributed by atoms with Crippen molar-refractivity contribution < 1.29 is 18.6 Å². The Morgan fingerprint density at radius 3 is 1.17 bits per heavy atom. The van der Waals surface area contributed by atoms with E-state index in [1.807, 2.05) is 21.1 Å². The monoisotopic (exact) mass is 608 g/mol. The van der Waals surface area contributed by atoms with E-state index in [1.54, 1.807) is 0 Å². The van der Waals surface area contributed by atoms with E-state index in [-0.39, 0.29) is 11.6 Å². The molecular formula is C37H70NO3P. The smallest absolute Gasteiger partial charge is 0.204 e. The Hall–Kier alpha value is -0.830. The van der Waals surface area contributed by atoms with Crippen molar-refractivity contribution in [2.75, 3.05) is 27.7 Å². The lowest BCUT2D eigenvalue weighted by Crippen LogP contribution is -2.58. The highest BCUT2D eigenvalue weighted by Gasteiger charge is 2.46. The van der Waals surface area contributed by atoms with Crippen LogP contribution in [-0.2, 0) is 14.1 Å². The second-order valence-electron chi connectivity index (χ2n) is 13.5. The number of rotatable bonds is 31. The Kier molecular flexibility index (Phi) is 27.2. The van der Waals surface area contributed by atoms with Gasteiger partial charge in [0.15, 0.2) is 11.6 Å². The van der Waals surface area contributed by atoms with Crippen molar-refractivity contribution in [1.82, 2.24) is 0 Å². The molecule has 42 heavy (non-hydrogen) atoms. The number of carbonyl (C=O) groups excluding carboxylic acids is 2. The summed E-state index contributed by atoms with van der Waals surface area (Å²) in [6.07, 6.45) is 36.3. The minimum atomic E-state index is -1.39. The van der Waals surface area contributed by atoms with Gasteiger partial charge in [-0.3, -0.25) is 9.59 Å². The number of carbonyl (C=O) groups is 2. The van der Waals surface area contributed by atoms with Gasteiger partial charge in [0.25, 0.3) is 0 Å². The molecule has 0 rings (SSSR count). The summed E-state index contributed by atoms with van der Waals surface area (Å²) in [5.74, 6) is -0.133. The lowest BCUT2D eigenvalue weighted by atomic mass is 9.86. The molecule has 0 atom stereocenters. The minimum absolute atomic E-state index is 0.0666. The summed E-state index contributed by atoms with van der Waals surface area (Å²) >= 11 is 0. The summed E-state index contributed by atoms with van der Waals surface area (Å²) in [7, 11) is 9.22. The molecule has 0 aromatic heterocycles. The standard InChI is InChI=1S/C37H70NO3P/c1-6-8-10-12-14-16-18-20-22-24-26-28-30-32-35(39)37(41-42,34-38(3,4)5)36(40)33-31-29-27-25-23-21-19-17-15-13-11-9-7-2/h16-19,42H,6-15,20-34H2,1-5H3/b18-16-,19-17-. The van der Waals surface area contributed by atoms with Gasteiger partial charge in [0.1, 0.15) is 6.54 Å². The third-order valence-corrected chi connectivity index (χ3v) is 8.45. The van der Waals surface area contributed by atoms with Crippen molar-refractivity contribution in [3.05, 3.63) is 24.3 Å². The average molecular weight is 608 g/mol. The van der Waals surface area contributed by atoms with Crippen LogP contribution in [0.1, 0.15) is 168 Å². The Labute approximate surface area is 264 Å². The quantitative estimate of drug-likeness (QED) is 0.0259. The van der Waals surface area contributed by atoms with Crippen LogP contribution in [0.5, 0.6) is 0 Å². The zero-order valence-corrected chi connectivity index (χ0v) is 29.7. The highest BCUT2D eigenvalue weighted by atomic mass is 31.0. The van der Waals surface area contributed by atoms with Crippen LogP contribution in [0.25, 0.3) is 0 Å². The van der Waals surface area contributed by atoms with E-state index in [9.17, 15) is 9.59 Å². The summed E-state index contributed by atoms with van der Waals surface area (Å²) in [5.41, 5.74) is -1.39. The van der Waals surface area contributed by atoms with Gasteiger partial charge >= 0.3 is 0 Å². The van der Waals surface area contributed by atoms with Gasteiger partial charge in [0.05, 0.1) is 21.1 Å². The summed E-state index contributed by atoms with van der Waals surface area (Å²) in [6.45, 7) is 4.86. The first-order chi connectivity index (χ1) is 20.2. The second kappa shape index (κ2) is 27.7. The molecule has 0 heterocycles. The average Bonchev–Trinajstić information content (AvgIpc) is 2.95. The SMILES string of the molecule is CCCCCC/C=C\CCCCCCCC(=O)C(C[N+](C)(C)C)(O[PH-])C(=O)CCCCCCC/C=C\CCCCCC. The van der Waals surface area contributed by atoms with Crippen molar-refractivity contribution in [3.8, 4) is 0 Å². The van der Waals surface area contributed by atoms with Crippen LogP contribution in [0, 0.1) is 0 Å². The fourth-order valence-electron chi connectivity index (χ4n) is 5.56. The molecule has 246 valence electrons. The van der Waals surface area contributed by atoms with Gasteiger partial charge in [-0.25, -0.2) is 0 Å². The Balaban J connectivity index is 4.36. The van der Waals surface area contributed by atoms with E-state index in [0.717, 1.165) is 51.4 Å². The van der Waals surface area contributed by atoms with Crippen LogP contribution in [0.2, 0.25) is 0 Å². The molecular weight excluding hydrogens is 537 g/mol. The Bertz CT molecular complexity index is 662. The molecule has 0 N–H and O–H groups in total. The molecule has 0 spiro atoms. The van der Waals surface area contributed by atoms with Crippen molar-refractivity contribution in [3.63, 3.8) is 0 Å². The first-order valence-corrected chi connectivity index (χ1v) is 18.2. The number of ketones is 2. The highest BCUT2D eigenvalue weighted by molar-refractivity contribution is 7.10. The van der Waals surface area contributed by atoms with Crippen LogP contribution in [0.15, 0.2) is 24.3 Å². The maximum atomic E-state index is 13.4. The van der Waals surface area contributed by atoms with E-state index in [1.165, 1.54) is 89.9 Å². The normalized spacial score (nSPS) is 12.6. The van der Waals surface area contributed by atoms with Crippen LogP contribution >= 0.6 is 9.47 Å². The molecule has 0 saturated carbocycles. The molecule has 0 aliphatic rings. The van der Waals surface area contributed by atoms with Crippen LogP contribution in [0.3, 0.4) is 0 Å². The number of nitrogens with zero attached hydrogens (tertiary/aromatic N) is 1. The lowest BCUT2D eigenvalue weighted by Gasteiger charge is -2.39. The third-order valence-electron chi connectivity index (χ3n) is 8.10. The van der Waals surface area contributed by atoms with Gasteiger partial charge in [0.2, 0.25) is 5.60 Å². The van der Waals surface area contributed by atoms with E-state index < -0.39 is 5.60 Å². The largest absolute Gasteiger partial charge is 0.541 e. The minimum Gasteiger partial charge on any atom is -0.541 e. The molecule has 0 unspecified atom stereocenters. The van der Waals surface area contributed by atoms with Gasteiger partial charge < -0.3 is 18.5 Å².